The summed E-state index contributed by atoms with van der Waals surface area (Å²) in [5.41, 5.74) is -0.702. The summed E-state index contributed by atoms with van der Waals surface area (Å²) in [6.07, 6.45) is 16.3. The second kappa shape index (κ2) is 23.9. The van der Waals surface area contributed by atoms with E-state index in [1.807, 2.05) is 7.05 Å². The highest BCUT2D eigenvalue weighted by Crippen LogP contribution is 2.33. The number of aliphatic hydroxyl groups excluding tert-OH is 2. The number of alkyl halides is 1. The molecule has 266 valence electrons. The zero-order chi connectivity index (χ0) is 32.5. The quantitative estimate of drug-likeness (QED) is 0.0641. The first-order chi connectivity index (χ1) is 21.1. The van der Waals surface area contributed by atoms with Crippen LogP contribution in [0.5, 0.6) is 0 Å². The number of nitrogens with one attached hydrogen (secondary N) is 1. The first kappa shape index (κ1) is 42.7. The standard InChI is InChI=1S/C34H63ClN2O6S.ClH/c1-6-8-9-10-11-12-13-14-15-16-17-18-19-21-27(38)42-32-30(40)29(39)31(43-34(32)44-5)28(24(3)35)36-33(41)26-22-25(20-7-2)23-37(26)4;/h24-26,28-32,34,39-40H,6-23H2,1-5H3,(H,36,41);1H/t24-,25?,26?,28+,29+,30-,31+,32+,34+;/m0./s1. The number of nitrogens with zero attached hydrogens (tertiary/aromatic N) is 1. The Morgan fingerprint density at radius 3 is 2.02 bits per heavy atom. The molecule has 2 fully saturated rings. The smallest absolute Gasteiger partial charge is 0.306 e. The van der Waals surface area contributed by atoms with Crippen LogP contribution in [0.3, 0.4) is 0 Å². The Labute approximate surface area is 289 Å². The van der Waals surface area contributed by atoms with Crippen molar-refractivity contribution in [2.24, 2.45) is 5.92 Å². The molecule has 2 saturated heterocycles. The van der Waals surface area contributed by atoms with E-state index in [9.17, 15) is 19.8 Å². The Hall–Kier alpha value is -0.290. The van der Waals surface area contributed by atoms with Crippen LogP contribution in [0.15, 0.2) is 0 Å². The van der Waals surface area contributed by atoms with Crippen molar-refractivity contribution in [3.05, 3.63) is 0 Å². The molecule has 0 radical (unpaired) electrons. The van der Waals surface area contributed by atoms with Crippen LogP contribution >= 0.6 is 35.8 Å². The number of hydrogen-bond acceptors (Lipinski definition) is 8. The molecule has 0 aromatic carbocycles. The van der Waals surface area contributed by atoms with E-state index in [1.165, 1.54) is 76.0 Å². The lowest BCUT2D eigenvalue weighted by Gasteiger charge is -2.45. The van der Waals surface area contributed by atoms with Gasteiger partial charge in [-0.25, -0.2) is 0 Å². The number of carbonyl (C=O) groups excluding carboxylic acids is 2. The van der Waals surface area contributed by atoms with Crippen LogP contribution in [0, 0.1) is 5.92 Å². The topological polar surface area (TPSA) is 108 Å². The van der Waals surface area contributed by atoms with Gasteiger partial charge in [-0.15, -0.1) is 35.8 Å². The highest BCUT2D eigenvalue weighted by Gasteiger charge is 2.50. The van der Waals surface area contributed by atoms with Gasteiger partial charge in [-0.05, 0) is 45.4 Å². The fourth-order valence-electron chi connectivity index (χ4n) is 6.72. The summed E-state index contributed by atoms with van der Waals surface area (Å²) in [7, 11) is 1.95. The molecular weight excluding hydrogens is 635 g/mol. The van der Waals surface area contributed by atoms with Gasteiger partial charge in [-0.1, -0.05) is 97.3 Å². The third-order valence-corrected chi connectivity index (χ3v) is 10.5. The summed E-state index contributed by atoms with van der Waals surface area (Å²) in [6, 6.07) is -1.00. The third-order valence-electron chi connectivity index (χ3n) is 9.36. The number of hydrogen-bond donors (Lipinski definition) is 3. The molecule has 0 aromatic heterocycles. The van der Waals surface area contributed by atoms with Gasteiger partial charge in [0.2, 0.25) is 5.91 Å². The van der Waals surface area contributed by atoms with E-state index in [4.69, 9.17) is 21.1 Å². The molecule has 0 saturated carbocycles. The first-order valence-electron chi connectivity index (χ1n) is 17.5. The number of carbonyl (C=O) groups is 2. The van der Waals surface area contributed by atoms with Crippen LogP contribution in [0.4, 0.5) is 0 Å². The SMILES string of the molecule is CCCCCCCCCCCCCCCC(=O)O[C@@H]1[C@@H](O)[C@@H](O)[C@@H]([C@H](NC(=O)C2CC(CCC)CN2C)[C@H](C)Cl)O[C@@H]1SC.Cl. The fraction of sp³-hybridized carbons (Fsp3) is 0.941. The summed E-state index contributed by atoms with van der Waals surface area (Å²) in [5.74, 6) is -0.0742. The zero-order valence-electron chi connectivity index (χ0n) is 28.6. The van der Waals surface area contributed by atoms with Crippen molar-refractivity contribution >= 4 is 47.6 Å². The summed E-state index contributed by atoms with van der Waals surface area (Å²) in [4.78, 5) is 28.0. The minimum Gasteiger partial charge on any atom is -0.456 e. The van der Waals surface area contributed by atoms with Crippen LogP contribution in [0.1, 0.15) is 130 Å². The normalized spacial score (nSPS) is 28.3. The molecule has 2 heterocycles. The van der Waals surface area contributed by atoms with Gasteiger partial charge in [0.25, 0.3) is 0 Å². The molecule has 3 N–H and O–H groups in total. The molecule has 9 atom stereocenters. The van der Waals surface area contributed by atoms with E-state index < -0.39 is 47.2 Å². The Morgan fingerprint density at radius 1 is 0.956 bits per heavy atom. The van der Waals surface area contributed by atoms with Gasteiger partial charge >= 0.3 is 5.97 Å². The molecule has 2 aliphatic heterocycles. The van der Waals surface area contributed by atoms with Crippen molar-refractivity contribution in [1.29, 1.82) is 0 Å². The molecule has 0 aliphatic carbocycles. The highest BCUT2D eigenvalue weighted by molar-refractivity contribution is 7.99. The highest BCUT2D eigenvalue weighted by atomic mass is 35.5. The summed E-state index contributed by atoms with van der Waals surface area (Å²) in [6.45, 7) is 7.01. The van der Waals surface area contributed by atoms with E-state index in [0.29, 0.717) is 5.92 Å². The molecular formula is C34H64Cl2N2O6S. The molecule has 0 spiro atoms. The Balaban J connectivity index is 0.0000101. The van der Waals surface area contributed by atoms with Gasteiger partial charge in [0.05, 0.1) is 17.5 Å². The molecule has 2 unspecified atom stereocenters. The molecule has 2 rings (SSSR count). The lowest BCUT2D eigenvalue weighted by molar-refractivity contribution is -0.218. The van der Waals surface area contributed by atoms with Crippen LogP contribution in [-0.2, 0) is 19.1 Å². The van der Waals surface area contributed by atoms with E-state index in [2.05, 4.69) is 24.1 Å². The van der Waals surface area contributed by atoms with E-state index >= 15 is 0 Å². The van der Waals surface area contributed by atoms with Crippen molar-refractivity contribution in [2.45, 2.75) is 177 Å². The Bertz CT molecular complexity index is 811. The predicted molar refractivity (Wildman–Crippen MR) is 188 cm³/mol. The van der Waals surface area contributed by atoms with Crippen LogP contribution in [0.25, 0.3) is 0 Å². The maximum atomic E-state index is 13.3. The second-order valence-electron chi connectivity index (χ2n) is 13.2. The van der Waals surface area contributed by atoms with Crippen molar-refractivity contribution in [1.82, 2.24) is 10.2 Å². The third kappa shape index (κ3) is 14.8. The minimum atomic E-state index is -1.38. The van der Waals surface area contributed by atoms with Gasteiger partial charge in [0.1, 0.15) is 23.7 Å². The number of ether oxygens (including phenoxy) is 2. The molecule has 0 bridgehead atoms. The van der Waals surface area contributed by atoms with Gasteiger partial charge in [-0.2, -0.15) is 0 Å². The minimum absolute atomic E-state index is 0. The van der Waals surface area contributed by atoms with Crippen molar-refractivity contribution in [3.8, 4) is 0 Å². The molecule has 45 heavy (non-hydrogen) atoms. The Morgan fingerprint density at radius 2 is 1.51 bits per heavy atom. The number of likely N-dealkylation sites (tertiary alicyclic amines) is 1. The summed E-state index contributed by atoms with van der Waals surface area (Å²) >= 11 is 7.82. The van der Waals surface area contributed by atoms with Crippen molar-refractivity contribution in [3.63, 3.8) is 0 Å². The molecule has 0 aromatic rings. The molecule has 1 amide bonds. The Kier molecular flexibility index (Phi) is 22.7. The number of rotatable bonds is 22. The van der Waals surface area contributed by atoms with Crippen LogP contribution < -0.4 is 5.32 Å². The number of likely N-dealkylation sites (N-methyl/N-ethyl adjacent to an activating group) is 1. The molecule has 2 aliphatic rings. The monoisotopic (exact) mass is 698 g/mol. The lowest BCUT2D eigenvalue weighted by atomic mass is 9.92. The number of esters is 1. The van der Waals surface area contributed by atoms with Crippen LogP contribution in [-0.4, -0.2) is 94.2 Å². The number of amides is 1. The number of unbranched alkanes of at least 4 members (excludes halogenated alkanes) is 12. The van der Waals surface area contributed by atoms with Crippen LogP contribution in [0.2, 0.25) is 0 Å². The lowest BCUT2D eigenvalue weighted by Crippen LogP contribution is -2.65. The van der Waals surface area contributed by atoms with Gasteiger partial charge in [0.15, 0.2) is 6.10 Å². The maximum absolute atomic E-state index is 13.3. The van der Waals surface area contributed by atoms with Gasteiger partial charge < -0.3 is 25.0 Å². The number of thioether (sulfide) groups is 1. The molecule has 8 nitrogen and oxygen atoms in total. The second-order valence-corrected chi connectivity index (χ2v) is 14.8. The van der Waals surface area contributed by atoms with E-state index in [0.717, 1.165) is 45.1 Å². The zero-order valence-corrected chi connectivity index (χ0v) is 31.0. The number of aliphatic hydroxyl groups is 2. The van der Waals surface area contributed by atoms with E-state index in [-0.39, 0.29) is 30.8 Å². The predicted octanol–water partition coefficient (Wildman–Crippen LogP) is 6.84. The molecule has 11 heteroatoms. The van der Waals surface area contributed by atoms with Crippen molar-refractivity contribution < 1.29 is 29.3 Å². The largest absolute Gasteiger partial charge is 0.456 e. The van der Waals surface area contributed by atoms with E-state index in [1.54, 1.807) is 13.2 Å². The van der Waals surface area contributed by atoms with Gasteiger partial charge in [0, 0.05) is 13.0 Å². The maximum Gasteiger partial charge on any atom is 0.306 e. The first-order valence-corrected chi connectivity index (χ1v) is 19.2. The summed E-state index contributed by atoms with van der Waals surface area (Å²) < 4.78 is 11.9. The number of halogens is 2. The van der Waals surface area contributed by atoms with Crippen molar-refractivity contribution in [2.75, 3.05) is 19.8 Å². The average Bonchev–Trinajstić information content (AvgIpc) is 3.36. The van der Waals surface area contributed by atoms with Gasteiger partial charge in [-0.3, -0.25) is 14.5 Å². The average molecular weight is 700 g/mol. The summed E-state index contributed by atoms with van der Waals surface area (Å²) in [5, 5.41) is 24.6. The fourth-order valence-corrected chi connectivity index (χ4v) is 7.65.